The maximum atomic E-state index is 9.26. The molecule has 0 saturated heterocycles. The molecule has 0 aliphatic heterocycles. The molecule has 0 fully saturated rings. The molecule has 0 amide bonds. The predicted molar refractivity (Wildman–Crippen MR) is 56.5 cm³/mol. The Bertz CT molecular complexity index is 157. The molecule has 0 aliphatic carbocycles. The standard InChI is InChI=1S/C11H20O3/c1-4-7-10(13-5-2)8-9-11(12)14-6-3/h5-6,10-12H,2-4,7-9H2,1H3. The third-order valence-electron chi connectivity index (χ3n) is 1.89. The molecular formula is C11H20O3. The van der Waals surface area contributed by atoms with E-state index < -0.39 is 6.29 Å². The summed E-state index contributed by atoms with van der Waals surface area (Å²) in [6.45, 7) is 8.98. The average Bonchev–Trinajstić information content (AvgIpc) is 2.15. The Hall–Kier alpha value is -0.960. The number of rotatable bonds is 9. The number of aliphatic hydroxyl groups excluding tert-OH is 1. The summed E-state index contributed by atoms with van der Waals surface area (Å²) in [6, 6.07) is 0. The lowest BCUT2D eigenvalue weighted by Gasteiger charge is -2.17. The summed E-state index contributed by atoms with van der Waals surface area (Å²) < 4.78 is 10.1. The van der Waals surface area contributed by atoms with Gasteiger partial charge in [-0.3, -0.25) is 0 Å². The minimum Gasteiger partial charge on any atom is -0.499 e. The topological polar surface area (TPSA) is 38.7 Å². The Morgan fingerprint density at radius 1 is 1.14 bits per heavy atom. The highest BCUT2D eigenvalue weighted by molar-refractivity contribution is 4.64. The largest absolute Gasteiger partial charge is 0.499 e. The fourth-order valence-corrected chi connectivity index (χ4v) is 1.25. The number of aliphatic hydroxyl groups is 1. The summed E-state index contributed by atoms with van der Waals surface area (Å²) in [6.07, 6.45) is 5.36. The molecule has 0 bridgehead atoms. The molecule has 2 unspecified atom stereocenters. The summed E-state index contributed by atoms with van der Waals surface area (Å²) in [5.74, 6) is 0. The Morgan fingerprint density at radius 2 is 1.79 bits per heavy atom. The third kappa shape index (κ3) is 6.54. The van der Waals surface area contributed by atoms with E-state index in [2.05, 4.69) is 20.1 Å². The zero-order valence-corrected chi connectivity index (χ0v) is 8.82. The SMILES string of the molecule is C=COC(O)CCC(CCC)OC=C. The van der Waals surface area contributed by atoms with Gasteiger partial charge in [-0.1, -0.05) is 26.5 Å². The molecule has 0 heterocycles. The highest BCUT2D eigenvalue weighted by atomic mass is 16.6. The molecule has 3 nitrogen and oxygen atoms in total. The van der Waals surface area contributed by atoms with Crippen LogP contribution >= 0.6 is 0 Å². The van der Waals surface area contributed by atoms with Crippen molar-refractivity contribution < 1.29 is 14.6 Å². The van der Waals surface area contributed by atoms with Crippen LogP contribution in [0.3, 0.4) is 0 Å². The van der Waals surface area contributed by atoms with Crippen LogP contribution in [-0.4, -0.2) is 17.5 Å². The van der Waals surface area contributed by atoms with Crippen LogP contribution in [-0.2, 0) is 9.47 Å². The van der Waals surface area contributed by atoms with Crippen molar-refractivity contribution in [1.82, 2.24) is 0 Å². The molecule has 2 atom stereocenters. The van der Waals surface area contributed by atoms with E-state index in [1.54, 1.807) is 0 Å². The van der Waals surface area contributed by atoms with Gasteiger partial charge < -0.3 is 14.6 Å². The molecule has 0 aromatic heterocycles. The fourth-order valence-electron chi connectivity index (χ4n) is 1.25. The molecule has 0 rings (SSSR count). The van der Waals surface area contributed by atoms with Crippen LogP contribution in [0, 0.1) is 0 Å². The average molecular weight is 200 g/mol. The van der Waals surface area contributed by atoms with Crippen LogP contribution in [0.5, 0.6) is 0 Å². The van der Waals surface area contributed by atoms with Gasteiger partial charge in [0.1, 0.15) is 0 Å². The van der Waals surface area contributed by atoms with Gasteiger partial charge in [0.2, 0.25) is 0 Å². The van der Waals surface area contributed by atoms with E-state index in [0.717, 1.165) is 19.3 Å². The molecule has 82 valence electrons. The second-order valence-corrected chi connectivity index (χ2v) is 3.05. The van der Waals surface area contributed by atoms with Gasteiger partial charge in [-0.25, -0.2) is 0 Å². The Labute approximate surface area is 86.0 Å². The van der Waals surface area contributed by atoms with Gasteiger partial charge in [0.15, 0.2) is 6.29 Å². The van der Waals surface area contributed by atoms with Crippen molar-refractivity contribution in [1.29, 1.82) is 0 Å². The van der Waals surface area contributed by atoms with Crippen molar-refractivity contribution in [3.05, 3.63) is 25.7 Å². The van der Waals surface area contributed by atoms with Gasteiger partial charge in [0, 0.05) is 6.42 Å². The molecule has 3 heteroatoms. The quantitative estimate of drug-likeness (QED) is 0.459. The lowest BCUT2D eigenvalue weighted by molar-refractivity contribution is -0.0635. The first kappa shape index (κ1) is 13.0. The van der Waals surface area contributed by atoms with Crippen LogP contribution in [0.15, 0.2) is 25.7 Å². The van der Waals surface area contributed by atoms with Crippen LogP contribution in [0.4, 0.5) is 0 Å². The number of hydrogen-bond acceptors (Lipinski definition) is 3. The first-order chi connectivity index (χ1) is 6.74. The minimum atomic E-state index is -0.778. The van der Waals surface area contributed by atoms with E-state index >= 15 is 0 Å². The Morgan fingerprint density at radius 3 is 2.29 bits per heavy atom. The first-order valence-electron chi connectivity index (χ1n) is 4.95. The summed E-state index contributed by atoms with van der Waals surface area (Å²) >= 11 is 0. The Kier molecular flexibility index (Phi) is 8.04. The summed E-state index contributed by atoms with van der Waals surface area (Å²) in [7, 11) is 0. The van der Waals surface area contributed by atoms with E-state index in [-0.39, 0.29) is 6.10 Å². The molecule has 0 aromatic rings. The summed E-state index contributed by atoms with van der Waals surface area (Å²) in [5, 5.41) is 9.26. The fraction of sp³-hybridized carbons (Fsp3) is 0.636. The van der Waals surface area contributed by atoms with Crippen LogP contribution in [0.25, 0.3) is 0 Å². The zero-order chi connectivity index (χ0) is 10.8. The van der Waals surface area contributed by atoms with Crippen LogP contribution < -0.4 is 0 Å². The minimum absolute atomic E-state index is 0.126. The molecule has 0 radical (unpaired) electrons. The Balaban J connectivity index is 3.67. The first-order valence-corrected chi connectivity index (χ1v) is 4.95. The number of hydrogen-bond donors (Lipinski definition) is 1. The van der Waals surface area contributed by atoms with E-state index in [4.69, 9.17) is 9.47 Å². The molecule has 1 N–H and O–H groups in total. The monoisotopic (exact) mass is 200 g/mol. The zero-order valence-electron chi connectivity index (χ0n) is 8.82. The molecule has 0 saturated carbocycles. The summed E-state index contributed by atoms with van der Waals surface area (Å²) in [4.78, 5) is 0. The van der Waals surface area contributed by atoms with E-state index in [1.165, 1.54) is 12.5 Å². The van der Waals surface area contributed by atoms with Gasteiger partial charge in [0.25, 0.3) is 0 Å². The van der Waals surface area contributed by atoms with Gasteiger partial charge in [0.05, 0.1) is 18.6 Å². The van der Waals surface area contributed by atoms with Crippen molar-refractivity contribution in [3.8, 4) is 0 Å². The van der Waals surface area contributed by atoms with Crippen molar-refractivity contribution in [2.24, 2.45) is 0 Å². The molecule has 0 aliphatic rings. The second-order valence-electron chi connectivity index (χ2n) is 3.05. The third-order valence-corrected chi connectivity index (χ3v) is 1.89. The lowest BCUT2D eigenvalue weighted by Crippen LogP contribution is -2.15. The van der Waals surface area contributed by atoms with Crippen molar-refractivity contribution in [2.75, 3.05) is 0 Å². The predicted octanol–water partition coefficient (Wildman–Crippen LogP) is 2.57. The lowest BCUT2D eigenvalue weighted by atomic mass is 10.1. The van der Waals surface area contributed by atoms with Gasteiger partial charge in [-0.05, 0) is 12.8 Å². The van der Waals surface area contributed by atoms with Crippen molar-refractivity contribution in [2.45, 2.75) is 45.0 Å². The summed E-state index contributed by atoms with van der Waals surface area (Å²) in [5.41, 5.74) is 0. The molecule has 0 aromatic carbocycles. The van der Waals surface area contributed by atoms with Gasteiger partial charge in [-0.15, -0.1) is 0 Å². The maximum absolute atomic E-state index is 9.26. The van der Waals surface area contributed by atoms with Gasteiger partial charge in [-0.2, -0.15) is 0 Å². The number of ether oxygens (including phenoxy) is 2. The normalized spacial score (nSPS) is 14.1. The van der Waals surface area contributed by atoms with Gasteiger partial charge >= 0.3 is 0 Å². The van der Waals surface area contributed by atoms with Crippen LogP contribution in [0.1, 0.15) is 32.6 Å². The van der Waals surface area contributed by atoms with Crippen LogP contribution in [0.2, 0.25) is 0 Å². The van der Waals surface area contributed by atoms with Crippen molar-refractivity contribution in [3.63, 3.8) is 0 Å². The highest BCUT2D eigenvalue weighted by Gasteiger charge is 2.10. The highest BCUT2D eigenvalue weighted by Crippen LogP contribution is 2.12. The molecule has 0 spiro atoms. The molecule has 14 heavy (non-hydrogen) atoms. The van der Waals surface area contributed by atoms with E-state index in [9.17, 15) is 5.11 Å². The smallest absolute Gasteiger partial charge is 0.196 e. The second kappa shape index (κ2) is 8.63. The van der Waals surface area contributed by atoms with E-state index in [1.807, 2.05) is 0 Å². The van der Waals surface area contributed by atoms with E-state index in [0.29, 0.717) is 6.42 Å². The maximum Gasteiger partial charge on any atom is 0.196 e. The molecular weight excluding hydrogens is 180 g/mol. The van der Waals surface area contributed by atoms with Crippen molar-refractivity contribution >= 4 is 0 Å².